The van der Waals surface area contributed by atoms with Crippen LogP contribution in [0.1, 0.15) is 18.1 Å². The predicted octanol–water partition coefficient (Wildman–Crippen LogP) is 1.33. The number of hydrogen-bond donors (Lipinski definition) is 2. The smallest absolute Gasteiger partial charge is 0.191 e. The molecular formula is C19H30IN7O. The molecule has 28 heavy (non-hydrogen) atoms. The van der Waals surface area contributed by atoms with E-state index in [0.717, 1.165) is 58.4 Å². The highest BCUT2D eigenvalue weighted by molar-refractivity contribution is 14.0. The zero-order chi connectivity index (χ0) is 18.7. The van der Waals surface area contributed by atoms with Crippen molar-refractivity contribution in [3.8, 4) is 0 Å². The van der Waals surface area contributed by atoms with Crippen LogP contribution in [-0.2, 0) is 17.8 Å². The van der Waals surface area contributed by atoms with Gasteiger partial charge in [0, 0.05) is 32.7 Å². The van der Waals surface area contributed by atoms with Crippen LogP contribution < -0.4 is 10.6 Å². The molecular weight excluding hydrogens is 469 g/mol. The number of guanidine groups is 1. The van der Waals surface area contributed by atoms with Gasteiger partial charge >= 0.3 is 0 Å². The average Bonchev–Trinajstić information content (AvgIpc) is 3.20. The Morgan fingerprint density at radius 3 is 2.79 bits per heavy atom. The summed E-state index contributed by atoms with van der Waals surface area (Å²) in [4.78, 5) is 11.1. The molecule has 1 aliphatic heterocycles. The molecule has 9 heteroatoms. The second-order valence-electron chi connectivity index (χ2n) is 6.49. The zero-order valence-electron chi connectivity index (χ0n) is 16.4. The van der Waals surface area contributed by atoms with Crippen LogP contribution in [0, 0.1) is 0 Å². The van der Waals surface area contributed by atoms with Gasteiger partial charge in [0.05, 0.1) is 26.3 Å². The largest absolute Gasteiger partial charge is 0.379 e. The Kier molecular flexibility index (Phi) is 10.2. The molecule has 1 aliphatic rings. The van der Waals surface area contributed by atoms with E-state index in [9.17, 15) is 0 Å². The van der Waals surface area contributed by atoms with E-state index in [1.54, 1.807) is 12.7 Å². The number of ether oxygens (including phenoxy) is 1. The van der Waals surface area contributed by atoms with Crippen LogP contribution in [0.4, 0.5) is 0 Å². The predicted molar refractivity (Wildman–Crippen MR) is 121 cm³/mol. The van der Waals surface area contributed by atoms with Crippen LogP contribution in [0.5, 0.6) is 0 Å². The third-order valence-electron chi connectivity index (χ3n) is 4.39. The molecule has 2 heterocycles. The fourth-order valence-corrected chi connectivity index (χ4v) is 3.00. The second kappa shape index (κ2) is 12.7. The number of aliphatic imine (C=N–C) groups is 1. The van der Waals surface area contributed by atoms with Gasteiger partial charge in [0.15, 0.2) is 5.96 Å². The topological polar surface area (TPSA) is 79.6 Å². The fraction of sp³-hybridized carbons (Fsp3) is 0.526. The van der Waals surface area contributed by atoms with Crippen LogP contribution in [0.25, 0.3) is 0 Å². The summed E-state index contributed by atoms with van der Waals surface area (Å²) in [6, 6.07) is 8.44. The van der Waals surface area contributed by atoms with Crippen LogP contribution in [0.2, 0.25) is 0 Å². The van der Waals surface area contributed by atoms with Gasteiger partial charge in [-0.25, -0.2) is 14.7 Å². The first-order valence-electron chi connectivity index (χ1n) is 9.56. The summed E-state index contributed by atoms with van der Waals surface area (Å²) < 4.78 is 7.21. The number of aromatic nitrogens is 3. The summed E-state index contributed by atoms with van der Waals surface area (Å²) in [6.07, 6.45) is 3.28. The second-order valence-corrected chi connectivity index (χ2v) is 6.49. The van der Waals surface area contributed by atoms with Gasteiger partial charge in [-0.15, -0.1) is 24.0 Å². The molecule has 0 amide bonds. The van der Waals surface area contributed by atoms with Crippen molar-refractivity contribution in [2.75, 3.05) is 45.9 Å². The Morgan fingerprint density at radius 1 is 1.21 bits per heavy atom. The molecule has 8 nitrogen and oxygen atoms in total. The number of benzene rings is 1. The van der Waals surface area contributed by atoms with Crippen LogP contribution in [0.3, 0.4) is 0 Å². The monoisotopic (exact) mass is 499 g/mol. The number of nitrogens with one attached hydrogen (secondary N) is 2. The van der Waals surface area contributed by atoms with Gasteiger partial charge in [-0.05, 0) is 18.1 Å². The van der Waals surface area contributed by atoms with Gasteiger partial charge in [-0.2, -0.15) is 5.10 Å². The van der Waals surface area contributed by atoms with Crippen molar-refractivity contribution in [1.82, 2.24) is 30.3 Å². The third-order valence-corrected chi connectivity index (χ3v) is 4.39. The fourth-order valence-electron chi connectivity index (χ4n) is 3.00. The van der Waals surface area contributed by atoms with Crippen molar-refractivity contribution in [1.29, 1.82) is 0 Å². The van der Waals surface area contributed by atoms with Crippen molar-refractivity contribution in [2.24, 2.45) is 4.99 Å². The molecule has 0 saturated carbocycles. The van der Waals surface area contributed by atoms with E-state index in [1.807, 2.05) is 4.68 Å². The van der Waals surface area contributed by atoms with Crippen molar-refractivity contribution in [3.05, 3.63) is 48.0 Å². The minimum atomic E-state index is 0. The maximum atomic E-state index is 5.39. The van der Waals surface area contributed by atoms with Crippen molar-refractivity contribution in [3.63, 3.8) is 0 Å². The standard InChI is InChI=1S/C19H29N7O.HI/c1-2-21-19(22-6-7-25-8-10-27-11-9-25)23-13-17-4-3-5-18(12-17)14-26-16-20-15-24-26;/h3-5,12,15-16H,2,6-11,13-14H2,1H3,(H2,21,22,23);1H. The molecule has 0 bridgehead atoms. The molecule has 2 aromatic rings. The summed E-state index contributed by atoms with van der Waals surface area (Å²) >= 11 is 0. The Balaban J connectivity index is 0.00000280. The maximum absolute atomic E-state index is 5.39. The summed E-state index contributed by atoms with van der Waals surface area (Å²) in [6.45, 7) is 9.83. The molecule has 154 valence electrons. The van der Waals surface area contributed by atoms with E-state index >= 15 is 0 Å². The highest BCUT2D eigenvalue weighted by Crippen LogP contribution is 2.08. The Hall–Kier alpha value is -1.72. The Morgan fingerprint density at radius 2 is 2.04 bits per heavy atom. The molecule has 1 aromatic heterocycles. The lowest BCUT2D eigenvalue weighted by molar-refractivity contribution is 0.0389. The van der Waals surface area contributed by atoms with Crippen molar-refractivity contribution < 1.29 is 4.74 Å². The third kappa shape index (κ3) is 7.72. The molecule has 3 rings (SSSR count). The molecule has 0 radical (unpaired) electrons. The van der Waals surface area contributed by atoms with E-state index in [4.69, 9.17) is 9.73 Å². The molecule has 0 spiro atoms. The summed E-state index contributed by atoms with van der Waals surface area (Å²) in [7, 11) is 0. The lowest BCUT2D eigenvalue weighted by atomic mass is 10.1. The first kappa shape index (κ1) is 22.6. The minimum absolute atomic E-state index is 0. The van der Waals surface area contributed by atoms with Gasteiger partial charge < -0.3 is 15.4 Å². The number of nitrogens with zero attached hydrogens (tertiary/aromatic N) is 5. The van der Waals surface area contributed by atoms with E-state index in [-0.39, 0.29) is 24.0 Å². The number of morpholine rings is 1. The molecule has 0 aliphatic carbocycles. The van der Waals surface area contributed by atoms with Gasteiger partial charge in [0.1, 0.15) is 12.7 Å². The van der Waals surface area contributed by atoms with E-state index in [0.29, 0.717) is 6.54 Å². The Labute approximate surface area is 183 Å². The first-order valence-corrected chi connectivity index (χ1v) is 9.56. The molecule has 0 atom stereocenters. The quantitative estimate of drug-likeness (QED) is 0.324. The maximum Gasteiger partial charge on any atom is 0.191 e. The summed E-state index contributed by atoms with van der Waals surface area (Å²) in [5, 5.41) is 10.9. The highest BCUT2D eigenvalue weighted by atomic mass is 127. The molecule has 1 saturated heterocycles. The number of rotatable bonds is 8. The van der Waals surface area contributed by atoms with Gasteiger partial charge in [-0.1, -0.05) is 24.3 Å². The van der Waals surface area contributed by atoms with Crippen LogP contribution in [0.15, 0.2) is 41.9 Å². The van der Waals surface area contributed by atoms with Crippen LogP contribution >= 0.6 is 24.0 Å². The lowest BCUT2D eigenvalue weighted by Gasteiger charge is -2.26. The van der Waals surface area contributed by atoms with Gasteiger partial charge in [0.2, 0.25) is 0 Å². The average molecular weight is 499 g/mol. The van der Waals surface area contributed by atoms with E-state index in [2.05, 4.69) is 56.8 Å². The number of halogens is 1. The minimum Gasteiger partial charge on any atom is -0.379 e. The molecule has 2 N–H and O–H groups in total. The van der Waals surface area contributed by atoms with Crippen LogP contribution in [-0.4, -0.2) is 71.6 Å². The zero-order valence-corrected chi connectivity index (χ0v) is 18.7. The first-order chi connectivity index (χ1) is 13.3. The lowest BCUT2D eigenvalue weighted by Crippen LogP contribution is -2.44. The van der Waals surface area contributed by atoms with Crippen molar-refractivity contribution >= 4 is 29.9 Å². The SMILES string of the molecule is CCNC(=NCc1cccc(Cn2cncn2)c1)NCCN1CCOCC1.I. The van der Waals surface area contributed by atoms with E-state index < -0.39 is 0 Å². The molecule has 1 aromatic carbocycles. The molecule has 1 fully saturated rings. The van der Waals surface area contributed by atoms with Gasteiger partial charge in [0.25, 0.3) is 0 Å². The number of hydrogen-bond acceptors (Lipinski definition) is 5. The Bertz CT molecular complexity index is 702. The summed E-state index contributed by atoms with van der Waals surface area (Å²) in [5.41, 5.74) is 2.37. The van der Waals surface area contributed by atoms with E-state index in [1.165, 1.54) is 11.1 Å². The normalized spacial score (nSPS) is 15.1. The molecule has 0 unspecified atom stereocenters. The highest BCUT2D eigenvalue weighted by Gasteiger charge is 2.09. The summed E-state index contributed by atoms with van der Waals surface area (Å²) in [5.74, 6) is 0.854. The van der Waals surface area contributed by atoms with Gasteiger partial charge in [-0.3, -0.25) is 4.90 Å². The van der Waals surface area contributed by atoms with Crippen molar-refractivity contribution in [2.45, 2.75) is 20.0 Å².